The van der Waals surface area contributed by atoms with Gasteiger partial charge in [-0.05, 0) is 0 Å². The van der Waals surface area contributed by atoms with Gasteiger partial charge in [0.1, 0.15) is 12.1 Å². The highest BCUT2D eigenvalue weighted by atomic mass is 32.1. The molecule has 0 saturated carbocycles. The molecule has 3 N–H and O–H groups in total. The van der Waals surface area contributed by atoms with Gasteiger partial charge < -0.3 is 15.5 Å². The molecule has 0 aliphatic carbocycles. The normalized spacial score (nSPS) is 10.8. The number of ether oxygens (including phenoxy) is 1. The molecule has 0 atom stereocenters. The smallest absolute Gasteiger partial charge is 0.245 e. The number of fused-ring (bicyclic) bond motifs is 1. The highest BCUT2D eigenvalue weighted by Crippen LogP contribution is 2.21. The minimum Gasteiger partial charge on any atom is -0.470 e. The molecule has 0 radical (unpaired) electrons. The average Bonchev–Trinajstić information content (AvgIpc) is 2.95. The van der Waals surface area contributed by atoms with E-state index in [4.69, 9.17) is 10.5 Å². The molecule has 17 heavy (non-hydrogen) atoms. The molecule has 0 aliphatic heterocycles. The third kappa shape index (κ3) is 1.89. The van der Waals surface area contributed by atoms with Crippen molar-refractivity contribution in [1.29, 1.82) is 0 Å². The number of hydrogen-bond donors (Lipinski definition) is 2. The predicted octanol–water partition coefficient (Wildman–Crippen LogP) is 0.971. The maximum absolute atomic E-state index is 5.57. The van der Waals surface area contributed by atoms with Crippen molar-refractivity contribution in [2.75, 3.05) is 5.73 Å². The van der Waals surface area contributed by atoms with Crippen LogP contribution in [0.2, 0.25) is 0 Å². The molecule has 3 rings (SSSR count). The lowest BCUT2D eigenvalue weighted by Crippen LogP contribution is -2.01. The van der Waals surface area contributed by atoms with Crippen LogP contribution in [0.15, 0.2) is 18.0 Å². The van der Waals surface area contributed by atoms with Crippen molar-refractivity contribution in [2.45, 2.75) is 6.61 Å². The summed E-state index contributed by atoms with van der Waals surface area (Å²) in [4.78, 5) is 19.9. The number of rotatable bonds is 3. The van der Waals surface area contributed by atoms with Crippen molar-refractivity contribution in [3.63, 3.8) is 0 Å². The molecular weight excluding hydrogens is 240 g/mol. The molecule has 0 fully saturated rings. The van der Waals surface area contributed by atoms with Crippen molar-refractivity contribution >= 4 is 28.4 Å². The van der Waals surface area contributed by atoms with Crippen molar-refractivity contribution in [3.8, 4) is 5.88 Å². The summed E-state index contributed by atoms with van der Waals surface area (Å²) in [6.45, 7) is 0.398. The van der Waals surface area contributed by atoms with Crippen molar-refractivity contribution < 1.29 is 4.74 Å². The Bertz CT molecular complexity index is 634. The van der Waals surface area contributed by atoms with E-state index >= 15 is 0 Å². The van der Waals surface area contributed by atoms with Crippen LogP contribution in [0.5, 0.6) is 5.88 Å². The third-order valence-corrected chi connectivity index (χ3v) is 2.86. The first-order valence-electron chi connectivity index (χ1n) is 4.79. The van der Waals surface area contributed by atoms with Crippen LogP contribution in [0.1, 0.15) is 4.88 Å². The van der Waals surface area contributed by atoms with Gasteiger partial charge in [0, 0.05) is 6.20 Å². The van der Waals surface area contributed by atoms with E-state index < -0.39 is 0 Å². The molecule has 0 spiro atoms. The molecule has 86 valence electrons. The molecule has 8 heteroatoms. The molecule has 0 aromatic carbocycles. The zero-order valence-electron chi connectivity index (χ0n) is 8.62. The van der Waals surface area contributed by atoms with Gasteiger partial charge >= 0.3 is 0 Å². The van der Waals surface area contributed by atoms with E-state index in [1.807, 2.05) is 0 Å². The summed E-state index contributed by atoms with van der Waals surface area (Å²) in [6.07, 6.45) is 3.28. The van der Waals surface area contributed by atoms with Crippen LogP contribution in [0.4, 0.5) is 5.95 Å². The summed E-state index contributed by atoms with van der Waals surface area (Å²) in [5.41, 5.74) is 8.46. The minimum absolute atomic E-state index is 0.143. The number of nitrogens with two attached hydrogens (primary N) is 1. The molecule has 0 aliphatic rings. The Kier molecular flexibility index (Phi) is 2.33. The summed E-state index contributed by atoms with van der Waals surface area (Å²) in [6, 6.07) is 0. The second-order valence-corrected chi connectivity index (χ2v) is 4.22. The fraction of sp³-hybridized carbons (Fsp3) is 0.111. The summed E-state index contributed by atoms with van der Waals surface area (Å²) in [5.74, 6) is 0.544. The van der Waals surface area contributed by atoms with Gasteiger partial charge in [-0.25, -0.2) is 4.98 Å². The largest absolute Gasteiger partial charge is 0.470 e. The molecule has 0 unspecified atom stereocenters. The molecule has 3 aromatic heterocycles. The van der Waals surface area contributed by atoms with Crippen molar-refractivity contribution in [3.05, 3.63) is 22.9 Å². The number of aromatic nitrogens is 5. The van der Waals surface area contributed by atoms with Crippen LogP contribution in [0.25, 0.3) is 11.2 Å². The Morgan fingerprint density at radius 1 is 1.41 bits per heavy atom. The molecule has 3 aromatic rings. The van der Waals surface area contributed by atoms with Gasteiger partial charge in [0.25, 0.3) is 0 Å². The van der Waals surface area contributed by atoms with Gasteiger partial charge in [-0.2, -0.15) is 9.97 Å². The number of H-pyrrole nitrogens is 1. The van der Waals surface area contributed by atoms with E-state index in [-0.39, 0.29) is 5.95 Å². The number of anilines is 1. The number of nitrogens with zero attached hydrogens (tertiary/aromatic N) is 4. The summed E-state index contributed by atoms with van der Waals surface area (Å²) in [5, 5.41) is 0. The number of thiazole rings is 1. The molecule has 0 bridgehead atoms. The van der Waals surface area contributed by atoms with Gasteiger partial charge in [0.15, 0.2) is 5.65 Å². The monoisotopic (exact) mass is 248 g/mol. The average molecular weight is 248 g/mol. The number of aromatic amines is 1. The lowest BCUT2D eigenvalue weighted by Gasteiger charge is -2.04. The Morgan fingerprint density at radius 2 is 2.35 bits per heavy atom. The number of hydrogen-bond acceptors (Lipinski definition) is 7. The zero-order valence-corrected chi connectivity index (χ0v) is 9.44. The molecule has 0 saturated heterocycles. The topological polar surface area (TPSA) is 103 Å². The number of nitrogens with one attached hydrogen (secondary N) is 1. The standard InChI is InChI=1S/C9H8N6OS/c10-9-14-7-6(12-3-13-7)8(15-9)16-2-5-1-11-4-17-5/h1,3-4H,2H2,(H3,10,12,13,14,15). The van der Waals surface area contributed by atoms with Crippen LogP contribution in [-0.4, -0.2) is 24.9 Å². The molecule has 3 heterocycles. The first-order chi connectivity index (χ1) is 8.33. The Hall–Kier alpha value is -2.22. The van der Waals surface area contributed by atoms with E-state index in [9.17, 15) is 0 Å². The van der Waals surface area contributed by atoms with E-state index in [1.165, 1.54) is 17.7 Å². The Labute approximate surface area is 99.7 Å². The van der Waals surface area contributed by atoms with Crippen LogP contribution in [-0.2, 0) is 6.61 Å². The van der Waals surface area contributed by atoms with Gasteiger partial charge in [-0.3, -0.25) is 4.98 Å². The SMILES string of the molecule is Nc1nc(OCc2cncs2)c2[nH]cnc2n1. The second kappa shape index (κ2) is 3.98. The number of imidazole rings is 1. The fourth-order valence-electron chi connectivity index (χ4n) is 1.38. The van der Waals surface area contributed by atoms with Crippen LogP contribution in [0, 0.1) is 0 Å². The maximum atomic E-state index is 5.57. The quantitative estimate of drug-likeness (QED) is 0.716. The molecular formula is C9H8N6OS. The molecule has 0 amide bonds. The lowest BCUT2D eigenvalue weighted by molar-refractivity contribution is 0.301. The summed E-state index contributed by atoms with van der Waals surface area (Å²) in [7, 11) is 0. The van der Waals surface area contributed by atoms with Crippen LogP contribution < -0.4 is 10.5 Å². The van der Waals surface area contributed by atoms with E-state index in [0.29, 0.717) is 23.7 Å². The van der Waals surface area contributed by atoms with Crippen LogP contribution in [0.3, 0.4) is 0 Å². The van der Waals surface area contributed by atoms with E-state index in [1.54, 1.807) is 11.7 Å². The summed E-state index contributed by atoms with van der Waals surface area (Å²) < 4.78 is 5.57. The van der Waals surface area contributed by atoms with Crippen molar-refractivity contribution in [2.24, 2.45) is 0 Å². The van der Waals surface area contributed by atoms with Crippen LogP contribution >= 0.6 is 11.3 Å². The van der Waals surface area contributed by atoms with Gasteiger partial charge in [-0.1, -0.05) is 0 Å². The highest BCUT2D eigenvalue weighted by Gasteiger charge is 2.09. The Balaban J connectivity index is 1.91. The van der Waals surface area contributed by atoms with E-state index in [2.05, 4.69) is 24.9 Å². The van der Waals surface area contributed by atoms with Crippen molar-refractivity contribution in [1.82, 2.24) is 24.9 Å². The first-order valence-corrected chi connectivity index (χ1v) is 5.67. The van der Waals surface area contributed by atoms with Gasteiger partial charge in [-0.15, -0.1) is 11.3 Å². The highest BCUT2D eigenvalue weighted by molar-refractivity contribution is 7.09. The third-order valence-electron chi connectivity index (χ3n) is 2.10. The van der Waals surface area contributed by atoms with E-state index in [0.717, 1.165) is 4.88 Å². The summed E-state index contributed by atoms with van der Waals surface area (Å²) >= 11 is 1.52. The predicted molar refractivity (Wildman–Crippen MR) is 62.5 cm³/mol. The Morgan fingerprint density at radius 3 is 3.18 bits per heavy atom. The maximum Gasteiger partial charge on any atom is 0.245 e. The second-order valence-electron chi connectivity index (χ2n) is 3.24. The number of nitrogen functional groups attached to an aromatic ring is 1. The fourth-order valence-corrected chi connectivity index (χ4v) is 1.89. The molecule has 7 nitrogen and oxygen atoms in total. The zero-order chi connectivity index (χ0) is 11.7. The van der Waals surface area contributed by atoms with Gasteiger partial charge in [0.05, 0.1) is 16.7 Å². The first kappa shape index (κ1) is 9.97. The van der Waals surface area contributed by atoms with Gasteiger partial charge in [0.2, 0.25) is 11.8 Å². The lowest BCUT2D eigenvalue weighted by atomic mass is 10.5. The minimum atomic E-state index is 0.143.